The summed E-state index contributed by atoms with van der Waals surface area (Å²) < 4.78 is 41.5. The third-order valence-corrected chi connectivity index (χ3v) is 7.70. The van der Waals surface area contributed by atoms with Crippen molar-refractivity contribution in [2.24, 2.45) is 5.92 Å². The molecule has 0 spiro atoms. The minimum atomic E-state index is -4.50. The van der Waals surface area contributed by atoms with Gasteiger partial charge in [-0.1, -0.05) is 36.1 Å². The summed E-state index contributed by atoms with van der Waals surface area (Å²) in [6.45, 7) is 4.17. The Balaban J connectivity index is 1.39. The van der Waals surface area contributed by atoms with E-state index in [2.05, 4.69) is 21.7 Å². The summed E-state index contributed by atoms with van der Waals surface area (Å²) in [7, 11) is 3.99. The van der Waals surface area contributed by atoms with Crippen LogP contribution in [-0.2, 0) is 19.0 Å². The highest BCUT2D eigenvalue weighted by molar-refractivity contribution is 5.98. The molecule has 5 nitrogen and oxygen atoms in total. The fourth-order valence-electron chi connectivity index (χ4n) is 5.59. The van der Waals surface area contributed by atoms with Crippen molar-refractivity contribution in [3.8, 4) is 11.8 Å². The van der Waals surface area contributed by atoms with Crippen LogP contribution in [0.3, 0.4) is 0 Å². The van der Waals surface area contributed by atoms with Crippen molar-refractivity contribution in [1.29, 1.82) is 0 Å². The topological polar surface area (TPSA) is 62.5 Å². The Morgan fingerprint density at radius 3 is 2.68 bits per heavy atom. The molecule has 2 aromatic carbocycles. The summed E-state index contributed by atoms with van der Waals surface area (Å²) in [5, 5.41) is 0. The molecule has 0 amide bonds. The van der Waals surface area contributed by atoms with Gasteiger partial charge in [-0.05, 0) is 80.7 Å². The number of Topliss-reactive ketones (excluding diaryl/α,β-unsaturated/α-hetero) is 1. The van der Waals surface area contributed by atoms with Gasteiger partial charge in [0.15, 0.2) is 5.78 Å². The summed E-state index contributed by atoms with van der Waals surface area (Å²) in [5.74, 6) is 6.94. The maximum Gasteiger partial charge on any atom is 0.416 e. The van der Waals surface area contributed by atoms with Crippen molar-refractivity contribution in [2.75, 3.05) is 44.4 Å². The van der Waals surface area contributed by atoms with Crippen molar-refractivity contribution in [3.63, 3.8) is 0 Å². The van der Waals surface area contributed by atoms with E-state index in [1.807, 2.05) is 44.1 Å². The van der Waals surface area contributed by atoms with E-state index in [9.17, 15) is 18.0 Å². The number of ketones is 1. The molecule has 8 heteroatoms. The summed E-state index contributed by atoms with van der Waals surface area (Å²) >= 11 is 0. The lowest BCUT2D eigenvalue weighted by atomic mass is 9.97. The molecule has 1 saturated heterocycles. The summed E-state index contributed by atoms with van der Waals surface area (Å²) in [6.07, 6.45) is 2.65. The molecule has 2 aliphatic rings. The molecule has 1 aliphatic carbocycles. The standard InChI is InChI=1S/C33H33F3N4O/c1-21-7-8-25(16-24(21)9-10-26-18-38-32(37)30-6-4-5-29(26)30)31(41)15-23-13-27(33(34,35)36)17-28(14-23)40-12-11-22(20-40)19-39(2)3/h4-5,7-8,13-14,16-18,22H,6,11-12,15,19-20H2,1-3H3,(H2,37,38)/t22-/m0/s1. The molecule has 0 bridgehead atoms. The van der Waals surface area contributed by atoms with Gasteiger partial charge in [-0.2, -0.15) is 13.2 Å². The molecule has 0 saturated carbocycles. The maximum absolute atomic E-state index is 13.8. The van der Waals surface area contributed by atoms with Gasteiger partial charge in [0.1, 0.15) is 5.82 Å². The fraction of sp³-hybridized carbons (Fsp3) is 0.333. The van der Waals surface area contributed by atoms with Crippen molar-refractivity contribution >= 4 is 23.4 Å². The number of allylic oxidation sites excluding steroid dienone is 1. The maximum atomic E-state index is 13.8. The zero-order valence-electron chi connectivity index (χ0n) is 23.5. The molecule has 1 aromatic heterocycles. The molecule has 1 fully saturated rings. The number of pyridine rings is 1. The number of benzene rings is 2. The number of alkyl halides is 3. The van der Waals surface area contributed by atoms with Crippen molar-refractivity contribution in [2.45, 2.75) is 32.4 Å². The largest absolute Gasteiger partial charge is 0.416 e. The lowest BCUT2D eigenvalue weighted by Gasteiger charge is -2.22. The first-order valence-electron chi connectivity index (χ1n) is 13.7. The molecule has 2 heterocycles. The smallest absolute Gasteiger partial charge is 0.383 e. The van der Waals surface area contributed by atoms with Crippen LogP contribution in [0.1, 0.15) is 55.7 Å². The number of carbonyl (C=O) groups is 1. The minimum absolute atomic E-state index is 0.137. The fourth-order valence-corrected chi connectivity index (χ4v) is 5.59. The van der Waals surface area contributed by atoms with Crippen LogP contribution in [0, 0.1) is 24.7 Å². The Morgan fingerprint density at radius 1 is 1.15 bits per heavy atom. The van der Waals surface area contributed by atoms with E-state index in [4.69, 9.17) is 5.73 Å². The second kappa shape index (κ2) is 11.4. The van der Waals surface area contributed by atoms with Crippen LogP contribution in [0.25, 0.3) is 6.08 Å². The number of rotatable bonds is 6. The van der Waals surface area contributed by atoms with E-state index in [1.54, 1.807) is 24.4 Å². The van der Waals surface area contributed by atoms with Crippen LogP contribution < -0.4 is 10.6 Å². The normalized spacial score (nSPS) is 16.2. The number of anilines is 2. The number of nitrogen functional groups attached to an aromatic ring is 1. The second-order valence-corrected chi connectivity index (χ2v) is 11.2. The highest BCUT2D eigenvalue weighted by Crippen LogP contribution is 2.35. The Labute approximate surface area is 238 Å². The van der Waals surface area contributed by atoms with Gasteiger partial charge < -0.3 is 15.5 Å². The molecule has 212 valence electrons. The molecule has 3 aromatic rings. The lowest BCUT2D eigenvalue weighted by Crippen LogP contribution is -2.26. The van der Waals surface area contributed by atoms with Crippen LogP contribution in [0.15, 0.2) is 48.7 Å². The van der Waals surface area contributed by atoms with Gasteiger partial charge in [-0.15, -0.1) is 0 Å². The predicted molar refractivity (Wildman–Crippen MR) is 157 cm³/mol. The van der Waals surface area contributed by atoms with Gasteiger partial charge in [0, 0.05) is 54.6 Å². The Kier molecular flexibility index (Phi) is 7.92. The number of halogens is 3. The van der Waals surface area contributed by atoms with Gasteiger partial charge in [-0.3, -0.25) is 4.79 Å². The van der Waals surface area contributed by atoms with Gasteiger partial charge in [0.2, 0.25) is 0 Å². The highest BCUT2D eigenvalue weighted by Gasteiger charge is 2.33. The third-order valence-electron chi connectivity index (χ3n) is 7.70. The van der Waals surface area contributed by atoms with E-state index in [0.29, 0.717) is 47.2 Å². The Bertz CT molecular complexity index is 1580. The van der Waals surface area contributed by atoms with Gasteiger partial charge in [0.25, 0.3) is 0 Å². The summed E-state index contributed by atoms with van der Waals surface area (Å²) in [6, 6.07) is 9.24. The monoisotopic (exact) mass is 558 g/mol. The molecular weight excluding hydrogens is 525 g/mol. The first-order chi connectivity index (χ1) is 19.5. The van der Waals surface area contributed by atoms with Crippen molar-refractivity contribution in [1.82, 2.24) is 9.88 Å². The van der Waals surface area contributed by atoms with Gasteiger partial charge in [0.05, 0.1) is 11.1 Å². The average molecular weight is 559 g/mol. The van der Waals surface area contributed by atoms with Crippen molar-refractivity contribution < 1.29 is 18.0 Å². The zero-order chi connectivity index (χ0) is 29.3. The molecule has 41 heavy (non-hydrogen) atoms. The first-order valence-corrected chi connectivity index (χ1v) is 13.7. The molecule has 0 unspecified atom stereocenters. The number of aryl methyl sites for hydroxylation is 1. The van der Waals surface area contributed by atoms with Crippen LogP contribution in [0.4, 0.5) is 24.7 Å². The van der Waals surface area contributed by atoms with E-state index in [0.717, 1.165) is 47.7 Å². The van der Waals surface area contributed by atoms with Crippen LogP contribution in [0.2, 0.25) is 0 Å². The highest BCUT2D eigenvalue weighted by atomic mass is 19.4. The molecule has 1 atom stereocenters. The first kappa shape index (κ1) is 28.4. The second-order valence-electron chi connectivity index (χ2n) is 11.2. The number of nitrogens with two attached hydrogens (primary N) is 1. The van der Waals surface area contributed by atoms with Crippen molar-refractivity contribution in [3.05, 3.63) is 93.2 Å². The summed E-state index contributed by atoms with van der Waals surface area (Å²) in [4.78, 5) is 21.7. The van der Waals surface area contributed by atoms with Crippen LogP contribution in [0.5, 0.6) is 0 Å². The van der Waals surface area contributed by atoms with Crippen LogP contribution >= 0.6 is 0 Å². The minimum Gasteiger partial charge on any atom is -0.383 e. The summed E-state index contributed by atoms with van der Waals surface area (Å²) in [5.41, 5.74) is 10.8. The average Bonchev–Trinajstić information content (AvgIpc) is 3.59. The number of nitrogens with zero attached hydrogens (tertiary/aromatic N) is 3. The Hall–Kier alpha value is -4.09. The van der Waals surface area contributed by atoms with E-state index < -0.39 is 11.7 Å². The number of aromatic nitrogens is 1. The van der Waals surface area contributed by atoms with Crippen LogP contribution in [-0.4, -0.2) is 49.4 Å². The number of hydrogen-bond donors (Lipinski definition) is 1. The molecule has 2 N–H and O–H groups in total. The number of hydrogen-bond acceptors (Lipinski definition) is 5. The van der Waals surface area contributed by atoms with E-state index in [-0.39, 0.29) is 12.2 Å². The van der Waals surface area contributed by atoms with E-state index >= 15 is 0 Å². The molecule has 1 aliphatic heterocycles. The van der Waals surface area contributed by atoms with Gasteiger partial charge in [-0.25, -0.2) is 4.98 Å². The quantitative estimate of drug-likeness (QED) is 0.307. The predicted octanol–water partition coefficient (Wildman–Crippen LogP) is 5.77. The molecule has 5 rings (SSSR count). The lowest BCUT2D eigenvalue weighted by molar-refractivity contribution is -0.137. The third kappa shape index (κ3) is 6.47. The molecule has 0 radical (unpaired) electrons. The molecular formula is C33H33F3N4O. The number of fused-ring (bicyclic) bond motifs is 1. The Morgan fingerprint density at radius 2 is 1.93 bits per heavy atom. The number of carbonyl (C=O) groups excluding carboxylic acids is 1. The zero-order valence-corrected chi connectivity index (χ0v) is 23.5. The SMILES string of the molecule is Cc1ccc(C(=O)Cc2cc(N3CC[C@@H](CN(C)C)C3)cc(C(F)(F)F)c2)cc1C#Cc1cnc(N)c2c1C=CC2. The van der Waals surface area contributed by atoms with E-state index in [1.165, 1.54) is 6.07 Å². The van der Waals surface area contributed by atoms with Gasteiger partial charge >= 0.3 is 6.18 Å².